The van der Waals surface area contributed by atoms with Crippen molar-refractivity contribution in [3.8, 4) is 35.2 Å². The number of benzene rings is 3. The van der Waals surface area contributed by atoms with Crippen LogP contribution in [0.4, 0.5) is 14.6 Å². The lowest BCUT2D eigenvalue weighted by molar-refractivity contribution is 0.0133. The number of hydrogen-bond acceptors (Lipinski definition) is 8. The van der Waals surface area contributed by atoms with Gasteiger partial charge in [0.15, 0.2) is 5.82 Å². The van der Waals surface area contributed by atoms with Gasteiger partial charge in [0, 0.05) is 53.0 Å². The van der Waals surface area contributed by atoms with Crippen LogP contribution in [0.3, 0.4) is 0 Å². The average Bonchev–Trinajstić information content (AvgIpc) is 3.80. The Hall–Kier alpha value is -4.46. The molecule has 2 bridgehead atoms. The number of aryl methyl sites for hydroxylation is 1. The lowest BCUT2D eigenvalue weighted by Gasteiger charge is -2.44. The number of rotatable bonds is 5. The Labute approximate surface area is 283 Å². The largest absolute Gasteiger partial charge is 0.508 e. The normalized spacial score (nSPS) is 25.4. The smallest absolute Gasteiger partial charge is 0.319 e. The van der Waals surface area contributed by atoms with E-state index in [9.17, 15) is 5.11 Å². The van der Waals surface area contributed by atoms with Crippen LogP contribution in [0, 0.1) is 36.3 Å². The zero-order valence-electron chi connectivity index (χ0n) is 27.8. The molecule has 5 heterocycles. The number of hydrogen-bond donors (Lipinski definition) is 2. The highest BCUT2D eigenvalue weighted by molar-refractivity contribution is 6.18. The number of ether oxygens (including phenoxy) is 1. The van der Waals surface area contributed by atoms with E-state index in [1.807, 2.05) is 13.0 Å². The van der Waals surface area contributed by atoms with E-state index < -0.39 is 11.6 Å². The molecule has 4 atom stereocenters. The topological polar surface area (TPSA) is 86.9 Å². The van der Waals surface area contributed by atoms with Crippen LogP contribution in [0.5, 0.6) is 11.8 Å². The number of halogens is 2. The summed E-state index contributed by atoms with van der Waals surface area (Å²) in [6, 6.07) is 8.76. The van der Waals surface area contributed by atoms with Crippen LogP contribution in [-0.4, -0.2) is 71.4 Å². The SMILES string of the molecule is C#Cc1c(F)ccc2cc(O)cc(-c3c(F)c4nc(OC[C@]56CCC[C@H]5N(C)CCC6)nc(N5CC6CCC(C5)N6)c4c4cc(C)oc34)c12. The fourth-order valence-corrected chi connectivity index (χ4v) is 9.59. The van der Waals surface area contributed by atoms with Gasteiger partial charge >= 0.3 is 6.01 Å². The molecule has 2 N–H and O–H groups in total. The third kappa shape index (κ3) is 4.77. The van der Waals surface area contributed by atoms with E-state index in [0.29, 0.717) is 57.9 Å². The maximum Gasteiger partial charge on any atom is 0.319 e. The number of fused-ring (bicyclic) bond motifs is 7. The molecule has 0 spiro atoms. The maximum atomic E-state index is 17.6. The van der Waals surface area contributed by atoms with Crippen molar-refractivity contribution in [1.82, 2.24) is 20.2 Å². The summed E-state index contributed by atoms with van der Waals surface area (Å²) in [5.41, 5.74) is 0.613. The van der Waals surface area contributed by atoms with Gasteiger partial charge in [0.05, 0.1) is 23.1 Å². The Morgan fingerprint density at radius 3 is 2.67 bits per heavy atom. The van der Waals surface area contributed by atoms with Gasteiger partial charge < -0.3 is 29.4 Å². The highest BCUT2D eigenvalue weighted by Crippen LogP contribution is 2.49. The molecule has 4 aliphatic rings. The molecule has 10 heteroatoms. The monoisotopic (exact) mass is 663 g/mol. The first-order valence-corrected chi connectivity index (χ1v) is 17.4. The number of aromatic nitrogens is 2. The second-order valence-corrected chi connectivity index (χ2v) is 14.7. The Balaban J connectivity index is 1.29. The lowest BCUT2D eigenvalue weighted by Crippen LogP contribution is -2.51. The van der Waals surface area contributed by atoms with Crippen LogP contribution in [0.15, 0.2) is 34.7 Å². The predicted molar refractivity (Wildman–Crippen MR) is 186 cm³/mol. The standard InChI is InChI=1S/C39H39F2N5O3/c1-4-26-29(40)11-8-22-16-25(47)17-27(31(22)26)32-34(41)35-33(28-15-21(2)49-36(28)32)37(46-18-23-9-10-24(19-46)42-23)44-38(43-35)48-20-39-12-5-7-30(39)45(3)14-6-13-39/h1,8,11,15-17,23-24,30,42,47H,5-7,9-10,12-14,18-20H2,2-3H3/t23?,24?,30-,39-/m1/s1. The number of phenolic OH excluding ortho intramolecular Hbond substituents is 1. The minimum atomic E-state index is -0.670. The number of terminal acetylenes is 1. The zero-order chi connectivity index (χ0) is 33.6. The van der Waals surface area contributed by atoms with E-state index in [4.69, 9.17) is 25.5 Å². The second kappa shape index (κ2) is 11.3. The first kappa shape index (κ1) is 30.6. The summed E-state index contributed by atoms with van der Waals surface area (Å²) >= 11 is 0. The van der Waals surface area contributed by atoms with E-state index in [2.05, 4.69) is 28.1 Å². The Morgan fingerprint density at radius 1 is 1.08 bits per heavy atom. The van der Waals surface area contributed by atoms with Gasteiger partial charge in [-0.25, -0.2) is 8.78 Å². The minimum absolute atomic E-state index is 0.00510. The van der Waals surface area contributed by atoms with Crippen molar-refractivity contribution >= 4 is 38.5 Å². The molecule has 3 saturated heterocycles. The second-order valence-electron chi connectivity index (χ2n) is 14.7. The van der Waals surface area contributed by atoms with Crippen LogP contribution in [-0.2, 0) is 0 Å². The first-order chi connectivity index (χ1) is 23.7. The summed E-state index contributed by atoms with van der Waals surface area (Å²) in [5, 5.41) is 16.5. The number of nitrogens with one attached hydrogen (secondary N) is 1. The quantitative estimate of drug-likeness (QED) is 0.194. The Bertz CT molecular complexity index is 2200. The van der Waals surface area contributed by atoms with Crippen molar-refractivity contribution in [2.45, 2.75) is 70.0 Å². The molecule has 8 nitrogen and oxygen atoms in total. The third-order valence-corrected chi connectivity index (χ3v) is 11.7. The molecular weight excluding hydrogens is 624 g/mol. The van der Waals surface area contributed by atoms with Gasteiger partial charge in [-0.05, 0) is 88.7 Å². The molecule has 0 amide bonds. The molecule has 0 radical (unpaired) electrons. The highest BCUT2D eigenvalue weighted by Gasteiger charge is 2.47. The molecule has 252 valence electrons. The molecule has 49 heavy (non-hydrogen) atoms. The van der Waals surface area contributed by atoms with Crippen molar-refractivity contribution in [3.63, 3.8) is 0 Å². The van der Waals surface area contributed by atoms with E-state index in [0.717, 1.165) is 64.6 Å². The summed E-state index contributed by atoms with van der Waals surface area (Å²) in [5.74, 6) is 2.24. The van der Waals surface area contributed by atoms with Crippen LogP contribution in [0.25, 0.3) is 43.8 Å². The third-order valence-electron chi connectivity index (χ3n) is 11.7. The van der Waals surface area contributed by atoms with Crippen molar-refractivity contribution in [2.75, 3.05) is 38.2 Å². The first-order valence-electron chi connectivity index (χ1n) is 17.4. The average molecular weight is 664 g/mol. The van der Waals surface area contributed by atoms with Gasteiger partial charge in [0.1, 0.15) is 34.2 Å². The number of nitrogens with zero attached hydrogens (tertiary/aromatic N) is 4. The van der Waals surface area contributed by atoms with Gasteiger partial charge in [-0.15, -0.1) is 6.42 Å². The van der Waals surface area contributed by atoms with Gasteiger partial charge in [0.2, 0.25) is 0 Å². The fourth-order valence-electron chi connectivity index (χ4n) is 9.59. The van der Waals surface area contributed by atoms with Crippen molar-refractivity contribution in [3.05, 3.63) is 53.3 Å². The molecule has 3 aliphatic heterocycles. The Morgan fingerprint density at radius 2 is 1.88 bits per heavy atom. The summed E-state index contributed by atoms with van der Waals surface area (Å²) in [6.45, 7) is 4.80. The molecule has 5 aromatic rings. The van der Waals surface area contributed by atoms with Crippen LogP contribution >= 0.6 is 0 Å². The number of piperazine rings is 1. The molecule has 2 aromatic heterocycles. The summed E-state index contributed by atoms with van der Waals surface area (Å²) in [7, 11) is 2.20. The number of piperidine rings is 1. The molecular formula is C39H39F2N5O3. The lowest BCUT2D eigenvalue weighted by atomic mass is 9.76. The molecule has 1 saturated carbocycles. The summed E-state index contributed by atoms with van der Waals surface area (Å²) in [6.07, 6.45) is 13.5. The van der Waals surface area contributed by atoms with Gasteiger partial charge in [-0.3, -0.25) is 0 Å². The van der Waals surface area contributed by atoms with Crippen LogP contribution in [0.2, 0.25) is 0 Å². The van der Waals surface area contributed by atoms with E-state index in [1.165, 1.54) is 24.3 Å². The number of furan rings is 1. The fraction of sp³-hybridized carbons (Fsp3) is 0.436. The molecule has 4 fully saturated rings. The molecule has 3 aromatic carbocycles. The zero-order valence-corrected chi connectivity index (χ0v) is 27.8. The van der Waals surface area contributed by atoms with E-state index in [-0.39, 0.29) is 45.0 Å². The maximum absolute atomic E-state index is 17.6. The van der Waals surface area contributed by atoms with Crippen molar-refractivity contribution in [2.24, 2.45) is 5.41 Å². The predicted octanol–water partition coefficient (Wildman–Crippen LogP) is 7.05. The number of likely N-dealkylation sites (tertiary alicyclic amines) is 1. The number of anilines is 1. The Kier molecular flexibility index (Phi) is 7.05. The molecule has 1 aliphatic carbocycles. The minimum Gasteiger partial charge on any atom is -0.508 e. The highest BCUT2D eigenvalue weighted by atomic mass is 19.1. The van der Waals surface area contributed by atoms with Gasteiger partial charge in [0.25, 0.3) is 0 Å². The van der Waals surface area contributed by atoms with Gasteiger partial charge in [-0.1, -0.05) is 18.4 Å². The van der Waals surface area contributed by atoms with Gasteiger partial charge in [-0.2, -0.15) is 9.97 Å². The van der Waals surface area contributed by atoms with E-state index in [1.54, 1.807) is 0 Å². The molecule has 2 unspecified atom stereocenters. The van der Waals surface area contributed by atoms with Crippen LogP contribution < -0.4 is 15.0 Å². The number of aromatic hydroxyl groups is 1. The molecule has 9 rings (SSSR count). The van der Waals surface area contributed by atoms with E-state index >= 15 is 8.78 Å². The number of phenols is 1. The summed E-state index contributed by atoms with van der Waals surface area (Å²) in [4.78, 5) is 14.6. The van der Waals surface area contributed by atoms with Crippen molar-refractivity contribution < 1.29 is 23.0 Å². The van der Waals surface area contributed by atoms with Crippen LogP contribution in [0.1, 0.15) is 56.3 Å². The van der Waals surface area contributed by atoms with Crippen molar-refractivity contribution in [1.29, 1.82) is 0 Å². The summed E-state index contributed by atoms with van der Waals surface area (Å²) < 4.78 is 45.5.